The summed E-state index contributed by atoms with van der Waals surface area (Å²) in [6.45, 7) is 0.169. The molecule has 0 unspecified atom stereocenters. The van der Waals surface area contributed by atoms with E-state index >= 15 is 0 Å². The summed E-state index contributed by atoms with van der Waals surface area (Å²) in [5, 5.41) is 14.7. The smallest absolute Gasteiger partial charge is 0.319 e. The second kappa shape index (κ2) is 6.26. The molecule has 0 aromatic heterocycles. The van der Waals surface area contributed by atoms with Gasteiger partial charge in [0.1, 0.15) is 0 Å². The van der Waals surface area contributed by atoms with Gasteiger partial charge in [-0.05, 0) is 31.0 Å². The van der Waals surface area contributed by atoms with Gasteiger partial charge in [-0.25, -0.2) is 4.79 Å². The number of carboxylic acids is 1. The van der Waals surface area contributed by atoms with Crippen LogP contribution < -0.4 is 10.6 Å². The van der Waals surface area contributed by atoms with Crippen LogP contribution in [0.3, 0.4) is 0 Å². The maximum Gasteiger partial charge on any atom is 0.319 e. The Kier molecular flexibility index (Phi) is 4.65. The first-order valence-electron chi connectivity index (χ1n) is 6.56. The van der Waals surface area contributed by atoms with E-state index in [0.717, 1.165) is 17.3 Å². The average molecular weight is 341 g/mol. The van der Waals surface area contributed by atoms with Crippen LogP contribution in [0.15, 0.2) is 28.7 Å². The molecule has 108 valence electrons. The van der Waals surface area contributed by atoms with Crippen molar-refractivity contribution in [1.29, 1.82) is 0 Å². The molecular weight excluding hydrogens is 324 g/mol. The largest absolute Gasteiger partial charge is 0.481 e. The van der Waals surface area contributed by atoms with Gasteiger partial charge in [-0.15, -0.1) is 0 Å². The number of carbonyl (C=O) groups excluding carboxylic acids is 1. The van der Waals surface area contributed by atoms with E-state index in [4.69, 9.17) is 0 Å². The van der Waals surface area contributed by atoms with Gasteiger partial charge in [0.25, 0.3) is 0 Å². The summed E-state index contributed by atoms with van der Waals surface area (Å²) >= 11 is 3.32. The molecule has 20 heavy (non-hydrogen) atoms. The van der Waals surface area contributed by atoms with E-state index in [9.17, 15) is 14.7 Å². The van der Waals surface area contributed by atoms with E-state index in [-0.39, 0.29) is 12.6 Å². The third kappa shape index (κ3) is 3.50. The van der Waals surface area contributed by atoms with Gasteiger partial charge in [-0.2, -0.15) is 0 Å². The molecule has 2 rings (SSSR count). The minimum absolute atomic E-state index is 0.169. The summed E-state index contributed by atoms with van der Waals surface area (Å²) in [7, 11) is 0. The van der Waals surface area contributed by atoms with Crippen molar-refractivity contribution in [1.82, 2.24) is 5.32 Å². The minimum atomic E-state index is -0.822. The predicted octanol–water partition coefficient (Wildman–Crippen LogP) is 3.22. The molecule has 1 fully saturated rings. The number of halogens is 1. The first kappa shape index (κ1) is 14.8. The Balaban J connectivity index is 1.90. The van der Waals surface area contributed by atoms with Crippen LogP contribution in [0, 0.1) is 5.41 Å². The minimum Gasteiger partial charge on any atom is -0.481 e. The lowest BCUT2D eigenvalue weighted by molar-refractivity contribution is -0.148. The fourth-order valence-electron chi connectivity index (χ4n) is 2.51. The number of carboxylic acid groups (broad SMARTS) is 1. The average Bonchev–Trinajstić information content (AvgIpc) is 2.86. The zero-order valence-electron chi connectivity index (χ0n) is 11.0. The van der Waals surface area contributed by atoms with Gasteiger partial charge in [0.15, 0.2) is 0 Å². The number of carbonyl (C=O) groups is 2. The third-order valence-corrected chi connectivity index (χ3v) is 4.18. The highest BCUT2D eigenvalue weighted by Gasteiger charge is 2.41. The molecule has 6 heteroatoms. The molecule has 3 N–H and O–H groups in total. The number of aliphatic carboxylic acids is 1. The van der Waals surface area contributed by atoms with Crippen molar-refractivity contribution >= 4 is 33.6 Å². The Labute approximate surface area is 125 Å². The van der Waals surface area contributed by atoms with Crippen molar-refractivity contribution in [2.75, 3.05) is 11.9 Å². The summed E-state index contributed by atoms with van der Waals surface area (Å²) < 4.78 is 0.869. The predicted molar refractivity (Wildman–Crippen MR) is 79.7 cm³/mol. The topological polar surface area (TPSA) is 78.4 Å². The lowest BCUT2D eigenvalue weighted by Gasteiger charge is -2.24. The van der Waals surface area contributed by atoms with Crippen molar-refractivity contribution in [2.24, 2.45) is 5.41 Å². The molecule has 0 aliphatic heterocycles. The SMILES string of the molecule is O=C(NCC1(C(=O)O)CCCC1)Nc1cccc(Br)c1. The molecule has 0 bridgehead atoms. The van der Waals surface area contributed by atoms with Crippen LogP contribution in [-0.4, -0.2) is 23.7 Å². The summed E-state index contributed by atoms with van der Waals surface area (Å²) in [6.07, 6.45) is 3.06. The summed E-state index contributed by atoms with van der Waals surface area (Å²) in [5.41, 5.74) is -0.137. The first-order valence-corrected chi connectivity index (χ1v) is 7.35. The van der Waals surface area contributed by atoms with Crippen molar-refractivity contribution < 1.29 is 14.7 Å². The number of urea groups is 1. The molecule has 0 saturated heterocycles. The van der Waals surface area contributed by atoms with Gasteiger partial charge in [0.2, 0.25) is 0 Å². The third-order valence-electron chi connectivity index (χ3n) is 3.68. The van der Waals surface area contributed by atoms with Crippen LogP contribution in [0.1, 0.15) is 25.7 Å². The fraction of sp³-hybridized carbons (Fsp3) is 0.429. The van der Waals surface area contributed by atoms with Crippen LogP contribution in [0.2, 0.25) is 0 Å². The number of rotatable bonds is 4. The van der Waals surface area contributed by atoms with Crippen LogP contribution in [-0.2, 0) is 4.79 Å². The van der Waals surface area contributed by atoms with Gasteiger partial charge < -0.3 is 15.7 Å². The number of amides is 2. The van der Waals surface area contributed by atoms with Crippen LogP contribution >= 0.6 is 15.9 Å². The zero-order valence-corrected chi connectivity index (χ0v) is 12.6. The Hall–Kier alpha value is -1.56. The molecular formula is C14H17BrN2O3. The van der Waals surface area contributed by atoms with Gasteiger partial charge in [0, 0.05) is 16.7 Å². The lowest BCUT2D eigenvalue weighted by Crippen LogP contribution is -2.42. The van der Waals surface area contributed by atoms with E-state index < -0.39 is 11.4 Å². The van der Waals surface area contributed by atoms with E-state index in [2.05, 4.69) is 26.6 Å². The Morgan fingerprint density at radius 2 is 2.00 bits per heavy atom. The number of benzene rings is 1. The molecule has 1 aliphatic rings. The van der Waals surface area contributed by atoms with Crippen LogP contribution in [0.25, 0.3) is 0 Å². The van der Waals surface area contributed by atoms with Gasteiger partial charge >= 0.3 is 12.0 Å². The number of hydrogen-bond donors (Lipinski definition) is 3. The van der Waals surface area contributed by atoms with Crippen molar-refractivity contribution in [3.05, 3.63) is 28.7 Å². The molecule has 0 atom stereocenters. The molecule has 1 saturated carbocycles. The second-order valence-corrected chi connectivity index (χ2v) is 6.03. The summed E-state index contributed by atoms with van der Waals surface area (Å²) in [5.74, 6) is -0.822. The monoisotopic (exact) mass is 340 g/mol. The Morgan fingerprint density at radius 3 is 2.60 bits per heavy atom. The molecule has 1 aliphatic carbocycles. The number of hydrogen-bond acceptors (Lipinski definition) is 2. The van der Waals surface area contributed by atoms with Gasteiger partial charge in [-0.1, -0.05) is 34.8 Å². The van der Waals surface area contributed by atoms with E-state index in [1.54, 1.807) is 12.1 Å². The molecule has 0 heterocycles. The normalized spacial score (nSPS) is 16.6. The van der Waals surface area contributed by atoms with E-state index in [1.807, 2.05) is 12.1 Å². The van der Waals surface area contributed by atoms with E-state index in [1.165, 1.54) is 0 Å². The summed E-state index contributed by atoms with van der Waals surface area (Å²) in [6, 6.07) is 6.85. The van der Waals surface area contributed by atoms with Gasteiger partial charge in [-0.3, -0.25) is 4.79 Å². The molecule has 2 amide bonds. The second-order valence-electron chi connectivity index (χ2n) is 5.11. The van der Waals surface area contributed by atoms with E-state index in [0.29, 0.717) is 18.5 Å². The standard InChI is InChI=1S/C14H17BrN2O3/c15-10-4-3-5-11(8-10)17-13(20)16-9-14(12(18)19)6-1-2-7-14/h3-5,8H,1-2,6-7,9H2,(H,18,19)(H2,16,17,20). The Morgan fingerprint density at radius 1 is 1.30 bits per heavy atom. The van der Waals surface area contributed by atoms with Gasteiger partial charge in [0.05, 0.1) is 5.41 Å². The maximum atomic E-state index is 11.8. The zero-order chi connectivity index (χ0) is 14.6. The number of nitrogens with one attached hydrogen (secondary N) is 2. The Bertz CT molecular complexity index is 513. The molecule has 1 aromatic carbocycles. The number of anilines is 1. The molecule has 5 nitrogen and oxygen atoms in total. The quantitative estimate of drug-likeness (QED) is 0.787. The first-order chi connectivity index (χ1) is 9.52. The molecule has 1 aromatic rings. The van der Waals surface area contributed by atoms with Crippen molar-refractivity contribution in [3.63, 3.8) is 0 Å². The van der Waals surface area contributed by atoms with Crippen LogP contribution in [0.4, 0.5) is 10.5 Å². The maximum absolute atomic E-state index is 11.8. The lowest BCUT2D eigenvalue weighted by atomic mass is 9.86. The van der Waals surface area contributed by atoms with Crippen molar-refractivity contribution in [2.45, 2.75) is 25.7 Å². The highest BCUT2D eigenvalue weighted by molar-refractivity contribution is 9.10. The highest BCUT2D eigenvalue weighted by Crippen LogP contribution is 2.37. The van der Waals surface area contributed by atoms with Crippen molar-refractivity contribution in [3.8, 4) is 0 Å². The fourth-order valence-corrected chi connectivity index (χ4v) is 2.91. The molecule has 0 spiro atoms. The highest BCUT2D eigenvalue weighted by atomic mass is 79.9. The van der Waals surface area contributed by atoms with Crippen LogP contribution in [0.5, 0.6) is 0 Å². The molecule has 0 radical (unpaired) electrons. The summed E-state index contributed by atoms with van der Waals surface area (Å²) in [4.78, 5) is 23.2.